The molecule has 1 aliphatic carbocycles. The molecule has 0 heterocycles. The van der Waals surface area contributed by atoms with Gasteiger partial charge in [0.1, 0.15) is 0 Å². The van der Waals surface area contributed by atoms with E-state index in [1.165, 1.54) is 13.0 Å². The van der Waals surface area contributed by atoms with Crippen molar-refractivity contribution in [1.29, 1.82) is 0 Å². The van der Waals surface area contributed by atoms with Gasteiger partial charge in [0.05, 0.1) is 6.61 Å². The van der Waals surface area contributed by atoms with E-state index in [1.54, 1.807) is 6.92 Å². The summed E-state index contributed by atoms with van der Waals surface area (Å²) in [6.07, 6.45) is 1.18. The van der Waals surface area contributed by atoms with Crippen LogP contribution >= 0.6 is 0 Å². The van der Waals surface area contributed by atoms with Crippen molar-refractivity contribution in [2.45, 2.75) is 13.8 Å². The van der Waals surface area contributed by atoms with E-state index in [2.05, 4.69) is 4.74 Å². The zero-order valence-electron chi connectivity index (χ0n) is 7.49. The van der Waals surface area contributed by atoms with E-state index >= 15 is 0 Å². The minimum absolute atomic E-state index is 0.176. The van der Waals surface area contributed by atoms with Crippen molar-refractivity contribution in [2.24, 2.45) is 5.92 Å². The van der Waals surface area contributed by atoms with E-state index in [-0.39, 0.29) is 6.61 Å². The number of carbonyl (C=O) groups excluding carboxylic acids is 3. The Kier molecular flexibility index (Phi) is 2.60. The first kappa shape index (κ1) is 9.64. The number of Topliss-reactive ketones (excluding diaryl/α,β-unsaturated/α-hetero) is 1. The lowest BCUT2D eigenvalue weighted by Gasteiger charge is -2.05. The van der Waals surface area contributed by atoms with Crippen LogP contribution in [0.1, 0.15) is 13.8 Å². The van der Waals surface area contributed by atoms with Crippen LogP contribution < -0.4 is 0 Å². The molecule has 0 radical (unpaired) electrons. The molecule has 0 aromatic carbocycles. The van der Waals surface area contributed by atoms with Crippen molar-refractivity contribution in [3.05, 3.63) is 11.6 Å². The highest BCUT2D eigenvalue weighted by Gasteiger charge is 2.39. The summed E-state index contributed by atoms with van der Waals surface area (Å²) >= 11 is 0. The van der Waals surface area contributed by atoms with Gasteiger partial charge in [0.15, 0.2) is 17.5 Å². The number of carbonyl (C=O) groups is 3. The molecule has 0 bridgehead atoms. The van der Waals surface area contributed by atoms with E-state index in [0.29, 0.717) is 5.57 Å². The summed E-state index contributed by atoms with van der Waals surface area (Å²) in [5.74, 6) is -2.89. The highest BCUT2D eigenvalue weighted by Crippen LogP contribution is 2.18. The summed E-state index contributed by atoms with van der Waals surface area (Å²) < 4.78 is 4.60. The molecule has 0 N–H and O–H groups in total. The van der Waals surface area contributed by atoms with Crippen LogP contribution in [0, 0.1) is 5.92 Å². The number of allylic oxidation sites excluding steroid dienone is 2. The molecule has 1 atom stereocenters. The van der Waals surface area contributed by atoms with Crippen LogP contribution in [-0.4, -0.2) is 24.1 Å². The Morgan fingerprint density at radius 2 is 2.15 bits per heavy atom. The fourth-order valence-electron chi connectivity index (χ4n) is 1.17. The van der Waals surface area contributed by atoms with E-state index < -0.39 is 23.5 Å². The molecule has 4 heteroatoms. The van der Waals surface area contributed by atoms with Crippen molar-refractivity contribution in [3.8, 4) is 0 Å². The van der Waals surface area contributed by atoms with Gasteiger partial charge < -0.3 is 4.74 Å². The second-order valence-electron chi connectivity index (χ2n) is 2.78. The van der Waals surface area contributed by atoms with Gasteiger partial charge in [-0.05, 0) is 25.5 Å². The topological polar surface area (TPSA) is 60.4 Å². The predicted molar refractivity (Wildman–Crippen MR) is 43.9 cm³/mol. The van der Waals surface area contributed by atoms with Crippen molar-refractivity contribution >= 4 is 17.5 Å². The van der Waals surface area contributed by atoms with Gasteiger partial charge in [-0.2, -0.15) is 0 Å². The van der Waals surface area contributed by atoms with Gasteiger partial charge in [0.2, 0.25) is 0 Å². The van der Waals surface area contributed by atoms with Crippen molar-refractivity contribution in [1.82, 2.24) is 0 Å². The number of ether oxygens (including phenoxy) is 1. The Morgan fingerprint density at radius 3 is 2.54 bits per heavy atom. The van der Waals surface area contributed by atoms with E-state index in [0.717, 1.165) is 0 Å². The Hall–Kier alpha value is -1.45. The van der Waals surface area contributed by atoms with Gasteiger partial charge in [0.25, 0.3) is 0 Å². The molecule has 4 nitrogen and oxygen atoms in total. The van der Waals surface area contributed by atoms with Crippen molar-refractivity contribution < 1.29 is 19.1 Å². The van der Waals surface area contributed by atoms with E-state index in [9.17, 15) is 14.4 Å². The molecule has 0 aromatic rings. The molecule has 13 heavy (non-hydrogen) atoms. The highest BCUT2D eigenvalue weighted by molar-refractivity contribution is 6.30. The molecule has 0 aromatic heterocycles. The molecule has 1 rings (SSSR count). The molecule has 1 unspecified atom stereocenters. The quantitative estimate of drug-likeness (QED) is 0.454. The van der Waals surface area contributed by atoms with E-state index in [1.807, 2.05) is 0 Å². The molecule has 0 fully saturated rings. The molecule has 70 valence electrons. The van der Waals surface area contributed by atoms with Crippen LogP contribution in [-0.2, 0) is 19.1 Å². The molecule has 1 aliphatic rings. The third kappa shape index (κ3) is 1.66. The summed E-state index contributed by atoms with van der Waals surface area (Å²) in [5.41, 5.74) is 0.322. The molecular formula is C9H10O4. The first-order chi connectivity index (χ1) is 6.07. The maximum atomic E-state index is 11.2. The van der Waals surface area contributed by atoms with Crippen LogP contribution in [0.15, 0.2) is 11.6 Å². The maximum Gasteiger partial charge on any atom is 0.324 e. The summed E-state index contributed by atoms with van der Waals surface area (Å²) in [5, 5.41) is 0. The first-order valence-electron chi connectivity index (χ1n) is 4.01. The average Bonchev–Trinajstić information content (AvgIpc) is 2.27. The molecular weight excluding hydrogens is 172 g/mol. The number of hydrogen-bond acceptors (Lipinski definition) is 4. The normalized spacial score (nSPS) is 21.7. The number of hydrogen-bond donors (Lipinski definition) is 0. The fourth-order valence-corrected chi connectivity index (χ4v) is 1.17. The van der Waals surface area contributed by atoms with Crippen molar-refractivity contribution in [2.75, 3.05) is 6.61 Å². The number of esters is 1. The van der Waals surface area contributed by atoms with Gasteiger partial charge in [-0.3, -0.25) is 14.4 Å². The summed E-state index contributed by atoms with van der Waals surface area (Å²) in [6.45, 7) is 3.32. The molecule has 0 spiro atoms. The maximum absolute atomic E-state index is 11.2. The predicted octanol–water partition coefficient (Wildman–Crippen LogP) is 0.264. The van der Waals surface area contributed by atoms with Gasteiger partial charge in [0, 0.05) is 0 Å². The number of ketones is 2. The summed E-state index contributed by atoms with van der Waals surface area (Å²) in [4.78, 5) is 33.5. The molecule has 0 saturated heterocycles. The fraction of sp³-hybridized carbons (Fsp3) is 0.444. The van der Waals surface area contributed by atoms with Crippen LogP contribution in [0.3, 0.4) is 0 Å². The second kappa shape index (κ2) is 3.51. The minimum Gasteiger partial charge on any atom is -0.465 e. The van der Waals surface area contributed by atoms with Gasteiger partial charge in [-0.15, -0.1) is 0 Å². The largest absolute Gasteiger partial charge is 0.465 e. The highest BCUT2D eigenvalue weighted by atomic mass is 16.5. The Bertz CT molecular complexity index is 301. The smallest absolute Gasteiger partial charge is 0.324 e. The Morgan fingerprint density at radius 1 is 1.54 bits per heavy atom. The standard InChI is InChI=1S/C9H10O4/c1-3-13-9(12)7-6(10)4-5(2)8(7)11/h4,7H,3H2,1-2H3. The minimum atomic E-state index is -1.24. The van der Waals surface area contributed by atoms with Gasteiger partial charge in [-0.25, -0.2) is 0 Å². The van der Waals surface area contributed by atoms with Crippen LogP contribution in [0.4, 0.5) is 0 Å². The van der Waals surface area contributed by atoms with Gasteiger partial charge >= 0.3 is 5.97 Å². The van der Waals surface area contributed by atoms with Crippen LogP contribution in [0.25, 0.3) is 0 Å². The monoisotopic (exact) mass is 182 g/mol. The van der Waals surface area contributed by atoms with Crippen LogP contribution in [0.2, 0.25) is 0 Å². The third-order valence-corrected chi connectivity index (χ3v) is 1.82. The lowest BCUT2D eigenvalue weighted by Crippen LogP contribution is -2.28. The average molecular weight is 182 g/mol. The lowest BCUT2D eigenvalue weighted by atomic mass is 10.0. The zero-order chi connectivity index (χ0) is 10.0. The summed E-state index contributed by atoms with van der Waals surface area (Å²) in [7, 11) is 0. The molecule has 0 amide bonds. The molecule has 0 aliphatic heterocycles. The van der Waals surface area contributed by atoms with Crippen molar-refractivity contribution in [3.63, 3.8) is 0 Å². The lowest BCUT2D eigenvalue weighted by molar-refractivity contribution is -0.152. The van der Waals surface area contributed by atoms with Crippen LogP contribution in [0.5, 0.6) is 0 Å². The summed E-state index contributed by atoms with van der Waals surface area (Å²) in [6, 6.07) is 0. The molecule has 0 saturated carbocycles. The first-order valence-corrected chi connectivity index (χ1v) is 4.01. The second-order valence-corrected chi connectivity index (χ2v) is 2.78. The Balaban J connectivity index is 2.79. The third-order valence-electron chi connectivity index (χ3n) is 1.82. The SMILES string of the molecule is CCOC(=O)C1C(=O)C=C(C)C1=O. The number of rotatable bonds is 2. The van der Waals surface area contributed by atoms with E-state index in [4.69, 9.17) is 0 Å². The Labute approximate surface area is 75.6 Å². The zero-order valence-corrected chi connectivity index (χ0v) is 7.49. The van der Waals surface area contributed by atoms with Gasteiger partial charge in [-0.1, -0.05) is 0 Å².